The van der Waals surface area contributed by atoms with Crippen LogP contribution in [0, 0.1) is 0 Å². The Kier molecular flexibility index (Phi) is 1.79. The predicted molar refractivity (Wildman–Crippen MR) is 51.7 cm³/mol. The molecule has 78 valence electrons. The number of carboxylic acids is 2. The summed E-state index contributed by atoms with van der Waals surface area (Å²) < 4.78 is 0. The van der Waals surface area contributed by atoms with Crippen molar-refractivity contribution in [2.24, 2.45) is 0 Å². The minimum Gasteiger partial charge on any atom is -0.478 e. The van der Waals surface area contributed by atoms with Crippen LogP contribution in [0.15, 0.2) is 24.3 Å². The Morgan fingerprint density at radius 3 is 1.73 bits per heavy atom. The number of fused-ring (bicyclic) bond motifs is 1. The van der Waals surface area contributed by atoms with Crippen LogP contribution < -0.4 is 10.6 Å². The summed E-state index contributed by atoms with van der Waals surface area (Å²) in [4.78, 5) is 21.9. The molecule has 0 radical (unpaired) electrons. The third-order valence-electron chi connectivity index (χ3n) is 2.21. The zero-order valence-corrected chi connectivity index (χ0v) is 7.52. The van der Waals surface area contributed by atoms with Gasteiger partial charge < -0.3 is 20.8 Å². The molecule has 6 heteroatoms. The smallest absolute Gasteiger partial charge is 0.362 e. The molecule has 0 atom stereocenters. The van der Waals surface area contributed by atoms with E-state index in [-0.39, 0.29) is 0 Å². The van der Waals surface area contributed by atoms with Gasteiger partial charge in [-0.2, -0.15) is 0 Å². The zero-order valence-electron chi connectivity index (χ0n) is 7.52. The van der Waals surface area contributed by atoms with Crippen LogP contribution >= 0.6 is 0 Å². The molecular weight excluding hydrogens is 200 g/mol. The minimum absolute atomic E-state index is 0.460. The number of carboxylic acid groups (broad SMARTS) is 2. The maximum atomic E-state index is 10.9. The molecule has 0 fully saturated rings. The molecule has 0 aliphatic carbocycles. The molecule has 1 aliphatic rings. The fraction of sp³-hybridized carbons (Fsp3) is 0.111. The number of carbonyl (C=O) groups is 2. The van der Waals surface area contributed by atoms with E-state index in [1.54, 1.807) is 24.3 Å². The quantitative estimate of drug-likeness (QED) is 0.525. The fourth-order valence-corrected chi connectivity index (χ4v) is 1.44. The number of hydrogen-bond acceptors (Lipinski definition) is 4. The summed E-state index contributed by atoms with van der Waals surface area (Å²) in [6, 6.07) is 6.59. The topological polar surface area (TPSA) is 98.7 Å². The molecule has 0 aromatic heterocycles. The number of anilines is 2. The van der Waals surface area contributed by atoms with E-state index < -0.39 is 17.6 Å². The first kappa shape index (κ1) is 9.32. The molecule has 6 nitrogen and oxygen atoms in total. The van der Waals surface area contributed by atoms with Crippen molar-refractivity contribution >= 4 is 23.3 Å². The van der Waals surface area contributed by atoms with Gasteiger partial charge in [0, 0.05) is 0 Å². The molecule has 15 heavy (non-hydrogen) atoms. The lowest BCUT2D eigenvalue weighted by molar-refractivity contribution is -0.153. The SMILES string of the molecule is O=C(O)C1(C(=O)O)Nc2ccccc2N1. The van der Waals surface area contributed by atoms with Crippen LogP contribution in [0.3, 0.4) is 0 Å². The van der Waals surface area contributed by atoms with Gasteiger partial charge in [0.05, 0.1) is 11.4 Å². The molecule has 0 bridgehead atoms. The summed E-state index contributed by atoms with van der Waals surface area (Å²) >= 11 is 0. The van der Waals surface area contributed by atoms with Gasteiger partial charge in [0.25, 0.3) is 0 Å². The average Bonchev–Trinajstić information content (AvgIpc) is 2.57. The molecule has 0 unspecified atom stereocenters. The van der Waals surface area contributed by atoms with Gasteiger partial charge >= 0.3 is 17.6 Å². The van der Waals surface area contributed by atoms with E-state index in [9.17, 15) is 9.59 Å². The minimum atomic E-state index is -2.16. The van der Waals surface area contributed by atoms with Crippen molar-refractivity contribution in [1.82, 2.24) is 0 Å². The van der Waals surface area contributed by atoms with Crippen molar-refractivity contribution in [3.8, 4) is 0 Å². The monoisotopic (exact) mass is 208 g/mol. The normalized spacial score (nSPS) is 16.0. The first-order valence-electron chi connectivity index (χ1n) is 4.18. The van der Waals surface area contributed by atoms with Crippen molar-refractivity contribution in [2.45, 2.75) is 5.66 Å². The van der Waals surface area contributed by atoms with Crippen molar-refractivity contribution in [2.75, 3.05) is 10.6 Å². The zero-order chi connectivity index (χ0) is 11.1. The predicted octanol–water partition coefficient (Wildman–Crippen LogP) is 0.389. The number of para-hydroxylation sites is 2. The van der Waals surface area contributed by atoms with Crippen molar-refractivity contribution in [3.05, 3.63) is 24.3 Å². The number of aliphatic carboxylic acids is 2. The van der Waals surface area contributed by atoms with Crippen LogP contribution in [0.2, 0.25) is 0 Å². The molecule has 1 heterocycles. The molecule has 4 N–H and O–H groups in total. The van der Waals surface area contributed by atoms with Gasteiger partial charge in [0.2, 0.25) is 0 Å². The highest BCUT2D eigenvalue weighted by Crippen LogP contribution is 2.33. The largest absolute Gasteiger partial charge is 0.478 e. The molecule has 1 aromatic carbocycles. The first-order chi connectivity index (χ1) is 7.06. The third kappa shape index (κ3) is 1.18. The third-order valence-corrected chi connectivity index (χ3v) is 2.21. The maximum Gasteiger partial charge on any atom is 0.362 e. The van der Waals surface area contributed by atoms with Gasteiger partial charge in [-0.1, -0.05) is 12.1 Å². The van der Waals surface area contributed by atoms with Gasteiger partial charge in [-0.25, -0.2) is 9.59 Å². The second-order valence-electron chi connectivity index (χ2n) is 3.16. The summed E-state index contributed by atoms with van der Waals surface area (Å²) in [7, 11) is 0. The summed E-state index contributed by atoms with van der Waals surface area (Å²) in [5, 5.41) is 22.7. The Hall–Kier alpha value is -2.24. The van der Waals surface area contributed by atoms with E-state index in [4.69, 9.17) is 10.2 Å². The lowest BCUT2D eigenvalue weighted by Gasteiger charge is -2.20. The van der Waals surface area contributed by atoms with E-state index in [2.05, 4.69) is 10.6 Å². The Bertz CT molecular complexity index is 402. The van der Waals surface area contributed by atoms with Crippen LogP contribution in [-0.2, 0) is 9.59 Å². The van der Waals surface area contributed by atoms with E-state index in [0.29, 0.717) is 11.4 Å². The van der Waals surface area contributed by atoms with E-state index in [1.807, 2.05) is 0 Å². The molecule has 1 aromatic rings. The van der Waals surface area contributed by atoms with Gasteiger partial charge in [0.15, 0.2) is 0 Å². The standard InChI is InChI=1S/C9H8N2O4/c12-7(13)9(8(14)15)10-5-3-1-2-4-6(5)11-9/h1-4,10-11H,(H,12,13)(H,14,15). The Balaban J connectivity index is 2.45. The highest BCUT2D eigenvalue weighted by atomic mass is 16.4. The highest BCUT2D eigenvalue weighted by Gasteiger charge is 2.51. The Morgan fingerprint density at radius 1 is 1.00 bits per heavy atom. The van der Waals surface area contributed by atoms with Crippen LogP contribution in [0.5, 0.6) is 0 Å². The van der Waals surface area contributed by atoms with Crippen LogP contribution in [-0.4, -0.2) is 27.8 Å². The van der Waals surface area contributed by atoms with Gasteiger partial charge in [0.1, 0.15) is 0 Å². The van der Waals surface area contributed by atoms with E-state index in [0.717, 1.165) is 0 Å². The first-order valence-corrected chi connectivity index (χ1v) is 4.18. The van der Waals surface area contributed by atoms with Crippen LogP contribution in [0.1, 0.15) is 0 Å². The number of nitrogens with one attached hydrogen (secondary N) is 2. The summed E-state index contributed by atoms with van der Waals surface area (Å²) in [5.41, 5.74) is -1.24. The summed E-state index contributed by atoms with van der Waals surface area (Å²) in [6.45, 7) is 0. The van der Waals surface area contributed by atoms with Gasteiger partial charge in [-0.05, 0) is 12.1 Å². The molecule has 0 amide bonds. The summed E-state index contributed by atoms with van der Waals surface area (Å²) in [6.07, 6.45) is 0. The number of benzene rings is 1. The second-order valence-corrected chi connectivity index (χ2v) is 3.16. The van der Waals surface area contributed by atoms with Crippen molar-refractivity contribution in [3.63, 3.8) is 0 Å². The second kappa shape index (κ2) is 2.88. The lowest BCUT2D eigenvalue weighted by atomic mass is 10.2. The molecule has 0 saturated carbocycles. The number of hydrogen-bond donors (Lipinski definition) is 4. The van der Waals surface area contributed by atoms with Crippen LogP contribution in [0.4, 0.5) is 11.4 Å². The maximum absolute atomic E-state index is 10.9. The molecule has 2 rings (SSSR count). The van der Waals surface area contributed by atoms with Gasteiger partial charge in [-0.3, -0.25) is 0 Å². The fourth-order valence-electron chi connectivity index (χ4n) is 1.44. The van der Waals surface area contributed by atoms with Gasteiger partial charge in [-0.15, -0.1) is 0 Å². The Labute approximate surface area is 84.5 Å². The van der Waals surface area contributed by atoms with E-state index in [1.165, 1.54) is 0 Å². The van der Waals surface area contributed by atoms with Crippen LogP contribution in [0.25, 0.3) is 0 Å². The summed E-state index contributed by atoms with van der Waals surface area (Å²) in [5.74, 6) is -2.96. The molecule has 0 saturated heterocycles. The van der Waals surface area contributed by atoms with Crippen molar-refractivity contribution in [1.29, 1.82) is 0 Å². The average molecular weight is 208 g/mol. The Morgan fingerprint density at radius 2 is 1.40 bits per heavy atom. The molecule has 1 aliphatic heterocycles. The highest BCUT2D eigenvalue weighted by molar-refractivity contribution is 6.11. The molecule has 0 spiro atoms. The number of rotatable bonds is 2. The van der Waals surface area contributed by atoms with Crippen molar-refractivity contribution < 1.29 is 19.8 Å². The van der Waals surface area contributed by atoms with E-state index >= 15 is 0 Å². The molecular formula is C9H8N2O4. The lowest BCUT2D eigenvalue weighted by Crippen LogP contribution is -2.56.